The van der Waals surface area contributed by atoms with Gasteiger partial charge in [-0.3, -0.25) is 9.78 Å². The van der Waals surface area contributed by atoms with Crippen molar-refractivity contribution in [1.82, 2.24) is 9.88 Å². The minimum atomic E-state index is 0.167. The number of hydrogen-bond acceptors (Lipinski definition) is 2. The Morgan fingerprint density at radius 2 is 2.40 bits per heavy atom. The molecular weight excluding hydrogens is 188 g/mol. The van der Waals surface area contributed by atoms with E-state index in [-0.39, 0.29) is 11.9 Å². The third-order valence-corrected chi connectivity index (χ3v) is 3.10. The van der Waals surface area contributed by atoms with Gasteiger partial charge in [0.2, 0.25) is 5.91 Å². The van der Waals surface area contributed by atoms with Crippen molar-refractivity contribution in [3.8, 4) is 0 Å². The minimum absolute atomic E-state index is 0.167. The van der Waals surface area contributed by atoms with E-state index in [2.05, 4.69) is 11.9 Å². The van der Waals surface area contributed by atoms with E-state index < -0.39 is 0 Å². The molecule has 0 spiro atoms. The first-order valence-corrected chi connectivity index (χ1v) is 5.38. The predicted octanol–water partition coefficient (Wildman–Crippen LogP) is 2.07. The van der Waals surface area contributed by atoms with Crippen molar-refractivity contribution in [2.75, 3.05) is 6.54 Å². The Morgan fingerprint density at radius 3 is 3.07 bits per heavy atom. The zero-order valence-corrected chi connectivity index (χ0v) is 9.23. The number of pyridine rings is 1. The van der Waals surface area contributed by atoms with Crippen LogP contribution in [0.1, 0.15) is 36.9 Å². The summed E-state index contributed by atoms with van der Waals surface area (Å²) in [6.07, 6.45) is 5.85. The van der Waals surface area contributed by atoms with Crippen LogP contribution in [0.5, 0.6) is 0 Å². The van der Waals surface area contributed by atoms with Crippen molar-refractivity contribution in [2.24, 2.45) is 0 Å². The van der Waals surface area contributed by atoms with E-state index in [9.17, 15) is 4.79 Å². The van der Waals surface area contributed by atoms with E-state index in [1.165, 1.54) is 11.1 Å². The maximum absolute atomic E-state index is 11.4. The van der Waals surface area contributed by atoms with Crippen molar-refractivity contribution in [3.63, 3.8) is 0 Å². The summed E-state index contributed by atoms with van der Waals surface area (Å²) in [5.74, 6) is 0.167. The van der Waals surface area contributed by atoms with Gasteiger partial charge in [0.1, 0.15) is 0 Å². The van der Waals surface area contributed by atoms with E-state index in [4.69, 9.17) is 0 Å². The summed E-state index contributed by atoms with van der Waals surface area (Å²) < 4.78 is 0. The van der Waals surface area contributed by atoms with Crippen LogP contribution in [0.15, 0.2) is 18.5 Å². The van der Waals surface area contributed by atoms with Gasteiger partial charge in [0.15, 0.2) is 0 Å². The molecule has 1 aromatic rings. The third kappa shape index (κ3) is 1.87. The van der Waals surface area contributed by atoms with Crippen molar-refractivity contribution in [2.45, 2.75) is 32.7 Å². The molecule has 2 rings (SSSR count). The lowest BCUT2D eigenvalue weighted by Gasteiger charge is -2.24. The van der Waals surface area contributed by atoms with Gasteiger partial charge in [-0.05, 0) is 37.0 Å². The van der Waals surface area contributed by atoms with Gasteiger partial charge < -0.3 is 4.90 Å². The van der Waals surface area contributed by atoms with Crippen molar-refractivity contribution in [3.05, 3.63) is 29.6 Å². The van der Waals surface area contributed by atoms with E-state index in [1.54, 1.807) is 13.1 Å². The fourth-order valence-corrected chi connectivity index (χ4v) is 2.29. The molecule has 80 valence electrons. The number of carbonyl (C=O) groups is 1. The Morgan fingerprint density at radius 1 is 1.60 bits per heavy atom. The lowest BCUT2D eigenvalue weighted by atomic mass is 10.0. The van der Waals surface area contributed by atoms with Crippen LogP contribution in [0.25, 0.3) is 0 Å². The fraction of sp³-hybridized carbons (Fsp3) is 0.500. The first-order valence-electron chi connectivity index (χ1n) is 5.38. The molecule has 1 aliphatic heterocycles. The molecular formula is C12H16N2O. The molecule has 0 bridgehead atoms. The van der Waals surface area contributed by atoms with E-state index in [0.717, 1.165) is 19.4 Å². The lowest BCUT2D eigenvalue weighted by Crippen LogP contribution is -2.28. The van der Waals surface area contributed by atoms with Crippen molar-refractivity contribution >= 4 is 5.91 Å². The Labute approximate surface area is 90.1 Å². The molecule has 15 heavy (non-hydrogen) atoms. The summed E-state index contributed by atoms with van der Waals surface area (Å²) in [5.41, 5.74) is 2.42. The van der Waals surface area contributed by atoms with Crippen LogP contribution >= 0.6 is 0 Å². The molecule has 1 atom stereocenters. The van der Waals surface area contributed by atoms with Gasteiger partial charge in [0.25, 0.3) is 0 Å². The Bertz CT molecular complexity index is 376. The predicted molar refractivity (Wildman–Crippen MR) is 58.3 cm³/mol. The maximum atomic E-state index is 11.4. The molecule has 0 unspecified atom stereocenters. The summed E-state index contributed by atoms with van der Waals surface area (Å²) in [4.78, 5) is 17.5. The summed E-state index contributed by atoms with van der Waals surface area (Å²) in [5, 5.41) is 0. The molecule has 1 aromatic heterocycles. The number of aromatic nitrogens is 1. The highest BCUT2D eigenvalue weighted by molar-refractivity contribution is 5.74. The van der Waals surface area contributed by atoms with Gasteiger partial charge in [-0.15, -0.1) is 0 Å². The second-order valence-electron chi connectivity index (χ2n) is 4.10. The van der Waals surface area contributed by atoms with Crippen LogP contribution in [-0.2, 0) is 4.79 Å². The summed E-state index contributed by atoms with van der Waals surface area (Å²) >= 11 is 0. The van der Waals surface area contributed by atoms with E-state index in [1.807, 2.05) is 17.2 Å². The molecule has 1 aliphatic rings. The number of hydrogen-bond donors (Lipinski definition) is 0. The lowest BCUT2D eigenvalue weighted by molar-refractivity contribution is -0.129. The molecule has 2 heterocycles. The van der Waals surface area contributed by atoms with Crippen molar-refractivity contribution < 1.29 is 4.79 Å². The highest BCUT2D eigenvalue weighted by Crippen LogP contribution is 2.32. The first kappa shape index (κ1) is 10.1. The average Bonchev–Trinajstić information content (AvgIpc) is 2.67. The summed E-state index contributed by atoms with van der Waals surface area (Å²) in [6, 6.07) is 2.25. The highest BCUT2D eigenvalue weighted by Gasteiger charge is 2.28. The van der Waals surface area contributed by atoms with Gasteiger partial charge in [0, 0.05) is 25.9 Å². The number of nitrogens with zero attached hydrogens (tertiary/aromatic N) is 2. The van der Waals surface area contributed by atoms with Crippen molar-refractivity contribution in [1.29, 1.82) is 0 Å². The molecule has 0 radical (unpaired) electrons. The number of rotatable bonds is 1. The maximum Gasteiger partial charge on any atom is 0.219 e. The van der Waals surface area contributed by atoms with Gasteiger partial charge >= 0.3 is 0 Å². The first-order chi connectivity index (χ1) is 7.20. The summed E-state index contributed by atoms with van der Waals surface area (Å²) in [6.45, 7) is 4.60. The van der Waals surface area contributed by atoms with Crippen LogP contribution in [0, 0.1) is 6.92 Å². The van der Waals surface area contributed by atoms with Crippen LogP contribution in [0.4, 0.5) is 0 Å². The average molecular weight is 204 g/mol. The fourth-order valence-electron chi connectivity index (χ4n) is 2.29. The number of likely N-dealkylation sites (tertiary alicyclic amines) is 1. The van der Waals surface area contributed by atoms with Gasteiger partial charge in [-0.2, -0.15) is 0 Å². The number of amides is 1. The van der Waals surface area contributed by atoms with Crippen LogP contribution in [-0.4, -0.2) is 22.3 Å². The third-order valence-electron chi connectivity index (χ3n) is 3.10. The number of aryl methyl sites for hydroxylation is 1. The van der Waals surface area contributed by atoms with E-state index >= 15 is 0 Å². The van der Waals surface area contributed by atoms with Gasteiger partial charge in [-0.1, -0.05) is 0 Å². The molecule has 1 saturated heterocycles. The second kappa shape index (κ2) is 4.01. The monoisotopic (exact) mass is 204 g/mol. The van der Waals surface area contributed by atoms with Gasteiger partial charge in [0.05, 0.1) is 6.04 Å². The minimum Gasteiger partial charge on any atom is -0.336 e. The normalized spacial score (nSPS) is 20.7. The Balaban J connectivity index is 2.30. The Hall–Kier alpha value is -1.38. The second-order valence-corrected chi connectivity index (χ2v) is 4.10. The molecule has 0 N–H and O–H groups in total. The number of carbonyl (C=O) groups excluding carboxylic acids is 1. The van der Waals surface area contributed by atoms with Crippen LogP contribution < -0.4 is 0 Å². The standard InChI is InChI=1S/C12H16N2O/c1-9-5-6-13-8-11(9)12-4-3-7-14(12)10(2)15/h5-6,8,12H,3-4,7H2,1-2H3/t12-/m1/s1. The summed E-state index contributed by atoms with van der Waals surface area (Å²) in [7, 11) is 0. The topological polar surface area (TPSA) is 33.2 Å². The van der Waals surface area contributed by atoms with Gasteiger partial charge in [-0.25, -0.2) is 0 Å². The molecule has 0 saturated carbocycles. The molecule has 1 amide bonds. The van der Waals surface area contributed by atoms with Crippen LogP contribution in [0.3, 0.4) is 0 Å². The molecule has 0 aliphatic carbocycles. The van der Waals surface area contributed by atoms with Crippen LogP contribution in [0.2, 0.25) is 0 Å². The smallest absolute Gasteiger partial charge is 0.219 e. The zero-order chi connectivity index (χ0) is 10.8. The van der Waals surface area contributed by atoms with E-state index in [0.29, 0.717) is 0 Å². The quantitative estimate of drug-likeness (QED) is 0.701. The molecule has 3 nitrogen and oxygen atoms in total. The molecule has 1 fully saturated rings. The Kier molecular flexibility index (Phi) is 2.71. The SMILES string of the molecule is CC(=O)N1CCC[C@@H]1c1cnccc1C. The molecule has 0 aromatic carbocycles. The zero-order valence-electron chi connectivity index (χ0n) is 9.23. The highest BCUT2D eigenvalue weighted by atomic mass is 16.2. The largest absolute Gasteiger partial charge is 0.336 e. The molecule has 3 heteroatoms.